The van der Waals surface area contributed by atoms with E-state index in [0.717, 1.165) is 4.90 Å². The summed E-state index contributed by atoms with van der Waals surface area (Å²) < 4.78 is 36.8. The predicted molar refractivity (Wildman–Crippen MR) is 64.8 cm³/mol. The number of piperidine rings is 1. The fourth-order valence-electron chi connectivity index (χ4n) is 2.90. The molecule has 8 heteroatoms. The van der Waals surface area contributed by atoms with Crippen molar-refractivity contribution < 1.29 is 22.8 Å². The van der Waals surface area contributed by atoms with Crippen molar-refractivity contribution >= 4 is 11.8 Å². The van der Waals surface area contributed by atoms with Crippen molar-refractivity contribution in [2.45, 2.75) is 19.0 Å². The van der Waals surface area contributed by atoms with Crippen molar-refractivity contribution in [1.82, 2.24) is 15.1 Å². The van der Waals surface area contributed by atoms with Crippen molar-refractivity contribution in [1.29, 1.82) is 0 Å². The van der Waals surface area contributed by atoms with Crippen molar-refractivity contribution in [3.63, 3.8) is 0 Å². The van der Waals surface area contributed by atoms with Gasteiger partial charge in [0.2, 0.25) is 5.91 Å². The Bertz CT molecular complexity index is 395. The van der Waals surface area contributed by atoms with E-state index in [4.69, 9.17) is 0 Å². The van der Waals surface area contributed by atoms with Crippen LogP contribution in [0.1, 0.15) is 12.8 Å². The van der Waals surface area contributed by atoms with E-state index in [1.165, 1.54) is 0 Å². The van der Waals surface area contributed by atoms with E-state index in [0.29, 0.717) is 25.9 Å². The number of halogens is 3. The monoisotopic (exact) mass is 293 g/mol. The maximum atomic E-state index is 12.3. The van der Waals surface area contributed by atoms with Gasteiger partial charge in [0.15, 0.2) is 0 Å². The largest absolute Gasteiger partial charge is 0.471 e. The van der Waals surface area contributed by atoms with Crippen LogP contribution in [0.4, 0.5) is 13.2 Å². The Morgan fingerprint density at radius 3 is 2.15 bits per heavy atom. The second kappa shape index (κ2) is 5.23. The van der Waals surface area contributed by atoms with Crippen LogP contribution in [0.3, 0.4) is 0 Å². The smallest absolute Gasteiger partial charge is 0.342 e. The number of carbonyl (C=O) groups is 2. The molecule has 0 atom stereocenters. The van der Waals surface area contributed by atoms with Gasteiger partial charge in [0.25, 0.3) is 0 Å². The minimum atomic E-state index is -4.79. The molecular weight excluding hydrogens is 275 g/mol. The van der Waals surface area contributed by atoms with E-state index in [1.807, 2.05) is 0 Å². The lowest BCUT2D eigenvalue weighted by molar-refractivity contribution is -0.198. The molecule has 5 nitrogen and oxygen atoms in total. The Morgan fingerprint density at radius 2 is 1.70 bits per heavy atom. The summed E-state index contributed by atoms with van der Waals surface area (Å²) in [6, 6.07) is 0. The van der Waals surface area contributed by atoms with Gasteiger partial charge >= 0.3 is 12.1 Å². The summed E-state index contributed by atoms with van der Waals surface area (Å²) in [7, 11) is 1.69. The van der Waals surface area contributed by atoms with Gasteiger partial charge in [-0.2, -0.15) is 13.2 Å². The summed E-state index contributed by atoms with van der Waals surface area (Å²) in [6.07, 6.45) is -3.47. The van der Waals surface area contributed by atoms with Gasteiger partial charge in [-0.3, -0.25) is 9.59 Å². The number of likely N-dealkylation sites (N-methyl/N-ethyl adjacent to an activating group) is 1. The highest BCUT2D eigenvalue weighted by Crippen LogP contribution is 2.41. The van der Waals surface area contributed by atoms with Crippen LogP contribution in [0.2, 0.25) is 0 Å². The first-order valence-corrected chi connectivity index (χ1v) is 6.56. The molecule has 0 bridgehead atoms. The molecule has 114 valence electrons. The summed E-state index contributed by atoms with van der Waals surface area (Å²) in [5.74, 6) is -1.75. The summed E-state index contributed by atoms with van der Waals surface area (Å²) in [4.78, 5) is 25.3. The first-order chi connectivity index (χ1) is 9.27. The molecule has 2 heterocycles. The van der Waals surface area contributed by atoms with E-state index in [1.54, 1.807) is 11.9 Å². The second-order valence-corrected chi connectivity index (χ2v) is 5.57. The number of alkyl halides is 3. The highest BCUT2D eigenvalue weighted by molar-refractivity contribution is 5.83. The van der Waals surface area contributed by atoms with Gasteiger partial charge in [0, 0.05) is 31.6 Å². The highest BCUT2D eigenvalue weighted by Gasteiger charge is 2.53. The van der Waals surface area contributed by atoms with Crippen LogP contribution in [0.25, 0.3) is 0 Å². The molecule has 20 heavy (non-hydrogen) atoms. The molecule has 0 aromatic heterocycles. The number of nitrogens with zero attached hydrogens (tertiary/aromatic N) is 2. The molecule has 2 aliphatic rings. The van der Waals surface area contributed by atoms with Crippen molar-refractivity contribution in [3.05, 3.63) is 0 Å². The Labute approximate surface area is 115 Å². The Morgan fingerprint density at radius 1 is 1.15 bits per heavy atom. The zero-order valence-electron chi connectivity index (χ0n) is 11.3. The van der Waals surface area contributed by atoms with Crippen LogP contribution in [0.15, 0.2) is 0 Å². The molecule has 2 rings (SSSR count). The number of hydrogen-bond donors (Lipinski definition) is 1. The number of amides is 2. The van der Waals surface area contributed by atoms with Crippen LogP contribution < -0.4 is 5.32 Å². The SMILES string of the molecule is CNCC(=O)N1CCC2(CC1)CN(C(=O)C(F)(F)F)C2. The molecule has 0 saturated carbocycles. The number of carbonyl (C=O) groups excluding carboxylic acids is 2. The van der Waals surface area contributed by atoms with Crippen LogP contribution in [0, 0.1) is 5.41 Å². The summed E-state index contributed by atoms with van der Waals surface area (Å²) >= 11 is 0. The first kappa shape index (κ1) is 15.1. The molecule has 0 unspecified atom stereocenters. The standard InChI is InChI=1S/C12H18F3N3O2/c1-16-6-9(19)17-4-2-11(3-5-17)7-18(8-11)10(20)12(13,14)15/h16H,2-8H2,1H3. The quantitative estimate of drug-likeness (QED) is 0.792. The molecule has 0 aromatic carbocycles. The fourth-order valence-corrected chi connectivity index (χ4v) is 2.90. The molecule has 0 radical (unpaired) electrons. The van der Waals surface area contributed by atoms with E-state index >= 15 is 0 Å². The highest BCUT2D eigenvalue weighted by atomic mass is 19.4. The Kier molecular flexibility index (Phi) is 3.95. The van der Waals surface area contributed by atoms with Gasteiger partial charge in [-0.15, -0.1) is 0 Å². The summed E-state index contributed by atoms with van der Waals surface area (Å²) in [5.41, 5.74) is -0.225. The molecule has 2 saturated heterocycles. The van der Waals surface area contributed by atoms with Crippen LogP contribution in [-0.2, 0) is 9.59 Å². The molecule has 2 fully saturated rings. The molecular formula is C12H18F3N3O2. The summed E-state index contributed by atoms with van der Waals surface area (Å²) in [5, 5.41) is 2.78. The zero-order chi connectivity index (χ0) is 15.0. The minimum Gasteiger partial charge on any atom is -0.342 e. The van der Waals surface area contributed by atoms with E-state index in [-0.39, 0.29) is 31.0 Å². The molecule has 0 aromatic rings. The molecule has 2 amide bonds. The van der Waals surface area contributed by atoms with Crippen LogP contribution in [-0.4, -0.2) is 67.6 Å². The van der Waals surface area contributed by atoms with Crippen molar-refractivity contribution in [2.75, 3.05) is 39.8 Å². The maximum Gasteiger partial charge on any atom is 0.471 e. The van der Waals surface area contributed by atoms with E-state index < -0.39 is 12.1 Å². The van der Waals surface area contributed by atoms with Gasteiger partial charge in [-0.25, -0.2) is 0 Å². The third-order valence-electron chi connectivity index (χ3n) is 4.09. The van der Waals surface area contributed by atoms with Crippen molar-refractivity contribution in [2.24, 2.45) is 5.41 Å². The number of nitrogens with one attached hydrogen (secondary N) is 1. The fraction of sp³-hybridized carbons (Fsp3) is 0.833. The maximum absolute atomic E-state index is 12.3. The van der Waals surface area contributed by atoms with Gasteiger partial charge < -0.3 is 15.1 Å². The molecule has 1 N–H and O–H groups in total. The molecule has 0 aliphatic carbocycles. The lowest BCUT2D eigenvalue weighted by Gasteiger charge is -2.53. The second-order valence-electron chi connectivity index (χ2n) is 5.57. The van der Waals surface area contributed by atoms with Gasteiger partial charge in [-0.1, -0.05) is 0 Å². The van der Waals surface area contributed by atoms with Gasteiger partial charge in [0.1, 0.15) is 0 Å². The zero-order valence-corrected chi connectivity index (χ0v) is 11.3. The topological polar surface area (TPSA) is 52.7 Å². The minimum absolute atomic E-state index is 0.00453. The van der Waals surface area contributed by atoms with E-state index in [9.17, 15) is 22.8 Å². The normalized spacial score (nSPS) is 21.8. The van der Waals surface area contributed by atoms with Crippen LogP contribution >= 0.6 is 0 Å². The average molecular weight is 293 g/mol. The summed E-state index contributed by atoms with van der Waals surface area (Å²) in [6.45, 7) is 1.67. The Balaban J connectivity index is 1.82. The Hall–Kier alpha value is -1.31. The van der Waals surface area contributed by atoms with E-state index in [2.05, 4.69) is 5.32 Å². The third-order valence-corrected chi connectivity index (χ3v) is 4.09. The third kappa shape index (κ3) is 2.89. The van der Waals surface area contributed by atoms with Crippen LogP contribution in [0.5, 0.6) is 0 Å². The lowest BCUT2D eigenvalue weighted by atomic mass is 9.72. The van der Waals surface area contributed by atoms with Gasteiger partial charge in [0.05, 0.1) is 6.54 Å². The number of rotatable bonds is 2. The van der Waals surface area contributed by atoms with Gasteiger partial charge in [-0.05, 0) is 19.9 Å². The molecule has 1 spiro atoms. The number of hydrogen-bond acceptors (Lipinski definition) is 3. The molecule has 2 aliphatic heterocycles. The number of likely N-dealkylation sites (tertiary alicyclic amines) is 2. The van der Waals surface area contributed by atoms with Crippen molar-refractivity contribution in [3.8, 4) is 0 Å². The predicted octanol–water partition coefficient (Wildman–Crippen LogP) is 0.219. The average Bonchev–Trinajstić information content (AvgIpc) is 2.34. The first-order valence-electron chi connectivity index (χ1n) is 6.56. The lowest BCUT2D eigenvalue weighted by Crippen LogP contribution is -2.64.